The van der Waals surface area contributed by atoms with E-state index >= 15 is 17.6 Å². The van der Waals surface area contributed by atoms with Crippen LogP contribution in [0.5, 0.6) is 0 Å². The summed E-state index contributed by atoms with van der Waals surface area (Å²) in [4.78, 5) is 9.13. The number of rotatable bonds is 3. The van der Waals surface area contributed by atoms with E-state index in [1.54, 1.807) is 32.0 Å². The Balaban J connectivity index is 2.11. The predicted molar refractivity (Wildman–Crippen MR) is 112 cm³/mol. The number of nitrogens with zero attached hydrogens (tertiary/aromatic N) is 2. The minimum atomic E-state index is -5.61. The van der Waals surface area contributed by atoms with Crippen molar-refractivity contribution in [1.29, 1.82) is 0 Å². The third-order valence-electron chi connectivity index (χ3n) is 5.52. The Hall–Kier alpha value is -2.68. The minimum absolute atomic E-state index is 0.0902. The lowest BCUT2D eigenvalue weighted by Crippen LogP contribution is -2.49. The first-order valence-electron chi connectivity index (χ1n) is 9.66. The number of pyridine rings is 2. The van der Waals surface area contributed by atoms with Crippen molar-refractivity contribution in [3.8, 4) is 11.4 Å². The summed E-state index contributed by atoms with van der Waals surface area (Å²) in [5.74, 6) is -15.8. The molecule has 9 heteroatoms. The number of hydrogen-bond acceptors (Lipinski definition) is 3. The number of hydrogen-bond donors (Lipinski definition) is 0. The van der Waals surface area contributed by atoms with E-state index in [9.17, 15) is 8.78 Å². The molecular weight excluding hydrogens is 450 g/mol. The Bertz CT molecular complexity index is 1240. The number of thiophene rings is 1. The molecule has 0 saturated heterocycles. The molecule has 3 aromatic rings. The number of alkyl halides is 6. The van der Waals surface area contributed by atoms with Gasteiger partial charge in [-0.15, -0.1) is 11.3 Å². The maximum atomic E-state index is 15.1. The van der Waals surface area contributed by atoms with Gasteiger partial charge in [-0.3, -0.25) is 4.98 Å². The topological polar surface area (TPSA) is 25.8 Å². The summed E-state index contributed by atoms with van der Waals surface area (Å²) in [7, 11) is 0. The molecule has 1 aliphatic carbocycles. The summed E-state index contributed by atoms with van der Waals surface area (Å²) in [6.07, 6.45) is 1.46. The van der Waals surface area contributed by atoms with Gasteiger partial charge in [0.25, 0.3) is 0 Å². The van der Waals surface area contributed by atoms with Gasteiger partial charge in [0.15, 0.2) is 0 Å². The van der Waals surface area contributed by atoms with Gasteiger partial charge in [-0.2, -0.15) is 26.3 Å². The number of aromatic nitrogens is 2. The molecule has 0 bridgehead atoms. The van der Waals surface area contributed by atoms with Gasteiger partial charge < -0.3 is 0 Å². The highest BCUT2D eigenvalue weighted by Crippen LogP contribution is 2.65. The van der Waals surface area contributed by atoms with Crippen molar-refractivity contribution in [1.82, 2.24) is 9.97 Å². The van der Waals surface area contributed by atoms with Crippen molar-refractivity contribution >= 4 is 22.5 Å². The Morgan fingerprint density at radius 3 is 1.97 bits per heavy atom. The van der Waals surface area contributed by atoms with Crippen LogP contribution in [0, 0.1) is 27.7 Å². The largest absolute Gasteiger partial charge is 0.380 e. The highest BCUT2D eigenvalue weighted by Gasteiger charge is 2.80. The van der Waals surface area contributed by atoms with E-state index in [4.69, 9.17) is 0 Å². The summed E-state index contributed by atoms with van der Waals surface area (Å²) in [5, 5.41) is 0. The zero-order valence-electron chi connectivity index (χ0n) is 17.5. The molecule has 1 aliphatic rings. The lowest BCUT2D eigenvalue weighted by Gasteiger charge is -2.26. The van der Waals surface area contributed by atoms with E-state index in [2.05, 4.69) is 9.97 Å². The normalized spacial score (nSPS) is 18.9. The van der Waals surface area contributed by atoms with Crippen LogP contribution in [0.2, 0.25) is 0 Å². The second-order valence-corrected chi connectivity index (χ2v) is 9.29. The first-order valence-corrected chi connectivity index (χ1v) is 10.5. The third-order valence-corrected chi connectivity index (χ3v) is 6.49. The molecule has 0 aliphatic heterocycles. The first kappa shape index (κ1) is 22.5. The van der Waals surface area contributed by atoms with Crippen molar-refractivity contribution in [2.24, 2.45) is 0 Å². The zero-order chi connectivity index (χ0) is 23.6. The van der Waals surface area contributed by atoms with Crippen LogP contribution >= 0.6 is 11.3 Å². The lowest BCUT2D eigenvalue weighted by atomic mass is 9.94. The Morgan fingerprint density at radius 2 is 1.41 bits per heavy atom. The second kappa shape index (κ2) is 7.16. The van der Waals surface area contributed by atoms with Gasteiger partial charge in [0.1, 0.15) is 0 Å². The maximum Gasteiger partial charge on any atom is 0.380 e. The van der Waals surface area contributed by atoms with Gasteiger partial charge in [0.2, 0.25) is 0 Å². The van der Waals surface area contributed by atoms with Crippen LogP contribution in [0.25, 0.3) is 22.5 Å². The van der Waals surface area contributed by atoms with Gasteiger partial charge in [0, 0.05) is 21.5 Å². The molecule has 0 radical (unpaired) electrons. The van der Waals surface area contributed by atoms with E-state index in [0.717, 1.165) is 11.3 Å². The average molecular weight is 468 g/mol. The third kappa shape index (κ3) is 3.01. The Kier molecular flexibility index (Phi) is 5.04. The maximum absolute atomic E-state index is 15.1. The van der Waals surface area contributed by atoms with Gasteiger partial charge in [-0.05, 0) is 62.6 Å². The summed E-state index contributed by atoms with van der Waals surface area (Å²) in [5.41, 5.74) is -2.60. The molecule has 0 atom stereocenters. The van der Waals surface area contributed by atoms with Crippen LogP contribution < -0.4 is 0 Å². The smallest absolute Gasteiger partial charge is 0.255 e. The van der Waals surface area contributed by atoms with E-state index in [-0.39, 0.29) is 21.7 Å². The van der Waals surface area contributed by atoms with E-state index < -0.39 is 34.6 Å². The molecule has 32 heavy (non-hydrogen) atoms. The summed E-state index contributed by atoms with van der Waals surface area (Å²) in [6, 6.07) is 7.57. The molecule has 3 heterocycles. The summed E-state index contributed by atoms with van der Waals surface area (Å²) >= 11 is 1.07. The number of allylic oxidation sites excluding steroid dienone is 2. The van der Waals surface area contributed by atoms with Gasteiger partial charge in [0.05, 0.1) is 22.7 Å². The summed E-state index contributed by atoms with van der Waals surface area (Å²) < 4.78 is 89.4. The molecule has 0 aromatic carbocycles. The second-order valence-electron chi connectivity index (χ2n) is 7.83. The van der Waals surface area contributed by atoms with Crippen molar-refractivity contribution in [3.05, 3.63) is 68.7 Å². The number of halogens is 6. The van der Waals surface area contributed by atoms with Crippen molar-refractivity contribution in [3.63, 3.8) is 0 Å². The fourth-order valence-corrected chi connectivity index (χ4v) is 4.97. The molecule has 0 N–H and O–H groups in total. The molecular formula is C23H18F6N2S. The van der Waals surface area contributed by atoms with Crippen LogP contribution in [-0.4, -0.2) is 27.7 Å². The Morgan fingerprint density at radius 1 is 0.781 bits per heavy atom. The van der Waals surface area contributed by atoms with Crippen LogP contribution in [-0.2, 0) is 0 Å². The number of aryl methyl sites for hydroxylation is 4. The molecule has 0 saturated carbocycles. The van der Waals surface area contributed by atoms with Crippen molar-refractivity contribution in [2.75, 3.05) is 0 Å². The quantitative estimate of drug-likeness (QED) is 0.378. The monoisotopic (exact) mass is 468 g/mol. The van der Waals surface area contributed by atoms with Gasteiger partial charge in [-0.25, -0.2) is 4.98 Å². The molecule has 4 rings (SSSR count). The molecule has 0 unspecified atom stereocenters. The minimum Gasteiger partial charge on any atom is -0.255 e. The van der Waals surface area contributed by atoms with Crippen LogP contribution in [0.1, 0.15) is 32.1 Å². The van der Waals surface area contributed by atoms with Crippen LogP contribution in [0.15, 0.2) is 36.5 Å². The van der Waals surface area contributed by atoms with Crippen LogP contribution in [0.4, 0.5) is 26.3 Å². The van der Waals surface area contributed by atoms with Gasteiger partial charge in [-0.1, -0.05) is 12.1 Å². The standard InChI is InChI=1S/C23H18F6N2S/c1-11-9-12(2)20(31-19(11)16-7-5-6-8-30-16)18-17(15-10-13(3)32-14(15)4)21(24,25)23(28,29)22(18,26)27/h5-10H,1-4H3. The molecule has 2 nitrogen and oxygen atoms in total. The van der Waals surface area contributed by atoms with E-state index in [1.807, 2.05) is 0 Å². The highest BCUT2D eigenvalue weighted by atomic mass is 32.1. The van der Waals surface area contributed by atoms with E-state index in [1.165, 1.54) is 32.2 Å². The fourth-order valence-electron chi connectivity index (χ4n) is 4.04. The first-order chi connectivity index (χ1) is 14.8. The van der Waals surface area contributed by atoms with Gasteiger partial charge >= 0.3 is 17.8 Å². The molecule has 168 valence electrons. The fraction of sp³-hybridized carbons (Fsp3) is 0.304. The Labute approximate surface area is 184 Å². The zero-order valence-corrected chi connectivity index (χ0v) is 18.4. The molecule has 3 aromatic heterocycles. The SMILES string of the molecule is Cc1cc(C2=C(c3nc(-c4ccccn4)c(C)cc3C)C(F)(F)C(F)(F)C2(F)F)c(C)s1. The average Bonchev–Trinajstić information content (AvgIpc) is 3.08. The van der Waals surface area contributed by atoms with E-state index in [0.29, 0.717) is 16.1 Å². The highest BCUT2D eigenvalue weighted by molar-refractivity contribution is 7.12. The predicted octanol–water partition coefficient (Wildman–Crippen LogP) is 7.27. The summed E-state index contributed by atoms with van der Waals surface area (Å²) in [6.45, 7) is 6.08. The molecule has 0 fully saturated rings. The molecule has 0 spiro atoms. The molecule has 0 amide bonds. The van der Waals surface area contributed by atoms with Crippen molar-refractivity contribution in [2.45, 2.75) is 45.5 Å². The lowest BCUT2D eigenvalue weighted by molar-refractivity contribution is -0.254. The van der Waals surface area contributed by atoms with Crippen LogP contribution in [0.3, 0.4) is 0 Å². The van der Waals surface area contributed by atoms with Crippen molar-refractivity contribution < 1.29 is 26.3 Å².